The minimum Gasteiger partial charge on any atom is -0.338 e. The predicted octanol–water partition coefficient (Wildman–Crippen LogP) is 1.05. The third-order valence-electron chi connectivity index (χ3n) is 2.87. The second-order valence-corrected chi connectivity index (χ2v) is 4.90. The average molecular weight is 233 g/mol. The Morgan fingerprint density at radius 3 is 2.76 bits per heavy atom. The lowest BCUT2D eigenvalue weighted by atomic mass is 10.0. The van der Waals surface area contributed by atoms with E-state index in [1.54, 1.807) is 0 Å². The molecule has 92 valence electrons. The molecule has 0 saturated carbocycles. The van der Waals surface area contributed by atoms with Crippen molar-refractivity contribution in [2.45, 2.75) is 32.4 Å². The normalized spacial score (nSPS) is 12.0. The maximum absolute atomic E-state index is 6.10. The number of nitrogens with two attached hydrogens (primary N) is 1. The van der Waals surface area contributed by atoms with Crippen molar-refractivity contribution >= 4 is 0 Å². The van der Waals surface area contributed by atoms with Gasteiger partial charge in [0.1, 0.15) is 5.82 Å². The molecule has 0 bridgehead atoms. The standard InChI is InChI=1S/C12H19N5/c1-12(2,13)10-8-14-9-17(10)6-4-11-15-5-7-16(11)3/h5,7-9H,4,6,13H2,1-3H3. The highest BCUT2D eigenvalue weighted by Gasteiger charge is 2.18. The van der Waals surface area contributed by atoms with E-state index in [0.29, 0.717) is 0 Å². The number of imidazole rings is 2. The van der Waals surface area contributed by atoms with Crippen LogP contribution in [0.4, 0.5) is 0 Å². The van der Waals surface area contributed by atoms with Crippen LogP contribution in [0.5, 0.6) is 0 Å². The van der Waals surface area contributed by atoms with Gasteiger partial charge in [-0.3, -0.25) is 0 Å². The molecule has 5 heteroatoms. The highest BCUT2D eigenvalue weighted by Crippen LogP contribution is 2.16. The third kappa shape index (κ3) is 2.55. The first-order valence-corrected chi connectivity index (χ1v) is 5.74. The predicted molar refractivity (Wildman–Crippen MR) is 66.4 cm³/mol. The fourth-order valence-electron chi connectivity index (χ4n) is 1.89. The molecule has 17 heavy (non-hydrogen) atoms. The molecule has 2 aromatic rings. The van der Waals surface area contributed by atoms with Gasteiger partial charge in [-0.05, 0) is 13.8 Å². The largest absolute Gasteiger partial charge is 0.338 e. The zero-order valence-corrected chi connectivity index (χ0v) is 10.6. The molecule has 2 aromatic heterocycles. The van der Waals surface area contributed by atoms with Crippen molar-refractivity contribution in [2.75, 3.05) is 0 Å². The van der Waals surface area contributed by atoms with Crippen molar-refractivity contribution < 1.29 is 0 Å². The molecule has 0 amide bonds. The maximum atomic E-state index is 6.10. The number of aromatic nitrogens is 4. The molecular formula is C12H19N5. The zero-order chi connectivity index (χ0) is 12.5. The summed E-state index contributed by atoms with van der Waals surface area (Å²) in [5.74, 6) is 1.07. The lowest BCUT2D eigenvalue weighted by Crippen LogP contribution is -2.31. The van der Waals surface area contributed by atoms with E-state index in [1.165, 1.54) is 0 Å². The first-order valence-electron chi connectivity index (χ1n) is 5.74. The van der Waals surface area contributed by atoms with Crippen LogP contribution in [0.25, 0.3) is 0 Å². The van der Waals surface area contributed by atoms with Gasteiger partial charge in [0.15, 0.2) is 0 Å². The van der Waals surface area contributed by atoms with Gasteiger partial charge in [-0.2, -0.15) is 0 Å². The van der Waals surface area contributed by atoms with Gasteiger partial charge in [0.05, 0.1) is 17.6 Å². The van der Waals surface area contributed by atoms with E-state index in [-0.39, 0.29) is 5.54 Å². The molecule has 0 aliphatic rings. The van der Waals surface area contributed by atoms with Crippen LogP contribution in [0.15, 0.2) is 24.9 Å². The molecule has 0 aliphatic carbocycles. The summed E-state index contributed by atoms with van der Waals surface area (Å²) in [7, 11) is 2.00. The van der Waals surface area contributed by atoms with Crippen LogP contribution in [0, 0.1) is 0 Å². The summed E-state index contributed by atoms with van der Waals surface area (Å²) in [6, 6.07) is 0. The van der Waals surface area contributed by atoms with Crippen LogP contribution in [0.2, 0.25) is 0 Å². The van der Waals surface area contributed by atoms with Crippen LogP contribution >= 0.6 is 0 Å². The molecule has 0 spiro atoms. The molecule has 2 heterocycles. The summed E-state index contributed by atoms with van der Waals surface area (Å²) < 4.78 is 4.12. The Morgan fingerprint density at radius 1 is 1.41 bits per heavy atom. The van der Waals surface area contributed by atoms with E-state index in [0.717, 1.165) is 24.5 Å². The summed E-state index contributed by atoms with van der Waals surface area (Å²) >= 11 is 0. The van der Waals surface area contributed by atoms with Crippen molar-refractivity contribution in [2.24, 2.45) is 12.8 Å². The second-order valence-electron chi connectivity index (χ2n) is 4.90. The van der Waals surface area contributed by atoms with Crippen LogP contribution in [0.3, 0.4) is 0 Å². The second kappa shape index (κ2) is 4.33. The third-order valence-corrected chi connectivity index (χ3v) is 2.87. The molecule has 0 aliphatic heterocycles. The highest BCUT2D eigenvalue weighted by molar-refractivity contribution is 5.10. The van der Waals surface area contributed by atoms with Gasteiger partial charge in [0.2, 0.25) is 0 Å². The summed E-state index contributed by atoms with van der Waals surface area (Å²) in [6.45, 7) is 4.82. The monoisotopic (exact) mass is 233 g/mol. The van der Waals surface area contributed by atoms with Gasteiger partial charge in [-0.25, -0.2) is 9.97 Å². The lowest BCUT2D eigenvalue weighted by Gasteiger charge is -2.20. The fourth-order valence-corrected chi connectivity index (χ4v) is 1.89. The molecule has 0 unspecified atom stereocenters. The van der Waals surface area contributed by atoms with Crippen LogP contribution in [-0.2, 0) is 25.6 Å². The topological polar surface area (TPSA) is 61.7 Å². The Kier molecular flexibility index (Phi) is 3.02. The van der Waals surface area contributed by atoms with Crippen molar-refractivity contribution in [3.05, 3.63) is 36.4 Å². The van der Waals surface area contributed by atoms with Crippen molar-refractivity contribution in [3.63, 3.8) is 0 Å². The van der Waals surface area contributed by atoms with Crippen LogP contribution in [-0.4, -0.2) is 19.1 Å². The van der Waals surface area contributed by atoms with Crippen molar-refractivity contribution in [1.82, 2.24) is 19.1 Å². The summed E-state index contributed by atoms with van der Waals surface area (Å²) in [6.07, 6.45) is 8.31. The minimum absolute atomic E-state index is 0.363. The number of rotatable bonds is 4. The van der Waals surface area contributed by atoms with E-state index in [2.05, 4.69) is 14.5 Å². The molecule has 0 radical (unpaired) electrons. The van der Waals surface area contributed by atoms with Gasteiger partial charge < -0.3 is 14.9 Å². The van der Waals surface area contributed by atoms with E-state index < -0.39 is 0 Å². The van der Waals surface area contributed by atoms with E-state index in [4.69, 9.17) is 5.73 Å². The lowest BCUT2D eigenvalue weighted by molar-refractivity contribution is 0.488. The SMILES string of the molecule is Cn1ccnc1CCn1cncc1C(C)(C)N. The number of aryl methyl sites for hydroxylation is 3. The van der Waals surface area contributed by atoms with Gasteiger partial charge in [-0.1, -0.05) is 0 Å². The Bertz CT molecular complexity index is 489. The van der Waals surface area contributed by atoms with E-state index in [1.807, 2.05) is 50.4 Å². The van der Waals surface area contributed by atoms with Gasteiger partial charge in [0.25, 0.3) is 0 Å². The molecule has 0 atom stereocenters. The first-order chi connectivity index (χ1) is 7.98. The van der Waals surface area contributed by atoms with Crippen LogP contribution < -0.4 is 5.73 Å². The summed E-state index contributed by atoms with van der Waals surface area (Å²) in [5, 5.41) is 0. The van der Waals surface area contributed by atoms with Gasteiger partial charge in [-0.15, -0.1) is 0 Å². The van der Waals surface area contributed by atoms with Gasteiger partial charge in [0, 0.05) is 38.6 Å². The Balaban J connectivity index is 2.10. The molecule has 2 N–H and O–H groups in total. The highest BCUT2D eigenvalue weighted by atomic mass is 15.1. The van der Waals surface area contributed by atoms with Crippen LogP contribution in [0.1, 0.15) is 25.4 Å². The van der Waals surface area contributed by atoms with Crippen molar-refractivity contribution in [1.29, 1.82) is 0 Å². The molecule has 0 saturated heterocycles. The quantitative estimate of drug-likeness (QED) is 0.858. The zero-order valence-electron chi connectivity index (χ0n) is 10.6. The Hall–Kier alpha value is -1.62. The summed E-state index contributed by atoms with van der Waals surface area (Å²) in [5.41, 5.74) is 6.78. The summed E-state index contributed by atoms with van der Waals surface area (Å²) in [4.78, 5) is 8.47. The number of nitrogens with zero attached hydrogens (tertiary/aromatic N) is 4. The Labute approximate surface area is 101 Å². The average Bonchev–Trinajstić information content (AvgIpc) is 2.82. The van der Waals surface area contributed by atoms with E-state index in [9.17, 15) is 0 Å². The molecular weight excluding hydrogens is 214 g/mol. The first kappa shape index (κ1) is 11.9. The molecule has 5 nitrogen and oxygen atoms in total. The fraction of sp³-hybridized carbons (Fsp3) is 0.500. The molecule has 0 aromatic carbocycles. The maximum Gasteiger partial charge on any atom is 0.110 e. The Morgan fingerprint density at radius 2 is 2.18 bits per heavy atom. The minimum atomic E-state index is -0.363. The van der Waals surface area contributed by atoms with E-state index >= 15 is 0 Å². The number of hydrogen-bond acceptors (Lipinski definition) is 3. The smallest absolute Gasteiger partial charge is 0.110 e. The molecule has 2 rings (SSSR count). The number of hydrogen-bond donors (Lipinski definition) is 1. The van der Waals surface area contributed by atoms with Gasteiger partial charge >= 0.3 is 0 Å². The molecule has 0 fully saturated rings. The van der Waals surface area contributed by atoms with Crippen molar-refractivity contribution in [3.8, 4) is 0 Å².